The van der Waals surface area contributed by atoms with Gasteiger partial charge in [-0.15, -0.1) is 0 Å². The van der Waals surface area contributed by atoms with Crippen molar-refractivity contribution in [3.8, 4) is 50.2 Å². The summed E-state index contributed by atoms with van der Waals surface area (Å²) in [6.45, 7) is 0. The molecule has 0 amide bonds. The average Bonchev–Trinajstić information content (AvgIpc) is 4.18. The Morgan fingerprint density at radius 2 is 0.707 bits per heavy atom. The van der Waals surface area contributed by atoms with Crippen molar-refractivity contribution in [1.82, 2.24) is 4.57 Å². The molecule has 1 heterocycles. The summed E-state index contributed by atoms with van der Waals surface area (Å²) in [6, 6.07) is 104. The van der Waals surface area contributed by atoms with Crippen molar-refractivity contribution >= 4 is 71.2 Å². The third kappa shape index (κ3) is 5.97. The van der Waals surface area contributed by atoms with Crippen molar-refractivity contribution < 1.29 is 0 Å². The quantitative estimate of drug-likeness (QED) is 0.151. The van der Waals surface area contributed by atoms with Gasteiger partial charge in [0.2, 0.25) is 0 Å². The predicted molar refractivity (Wildman–Crippen MR) is 315 cm³/mol. The van der Waals surface area contributed by atoms with Gasteiger partial charge >= 0.3 is 0 Å². The monoisotopic (exact) mass is 950 g/mol. The highest BCUT2D eigenvalue weighted by Gasteiger charge is 2.51. The fraction of sp³-hybridized carbons (Fsp3) is 0.0137. The molecule has 1 aromatic heterocycles. The van der Waals surface area contributed by atoms with Gasteiger partial charge in [0, 0.05) is 33.2 Å². The van der Waals surface area contributed by atoms with E-state index in [4.69, 9.17) is 0 Å². The van der Waals surface area contributed by atoms with Gasteiger partial charge in [-0.05, 0) is 154 Å². The van der Waals surface area contributed by atoms with E-state index in [0.717, 1.165) is 17.1 Å². The SMILES string of the molecule is c1ccc(-n2c3ccccc3c3cc(-c4ccc(-c5ccc(N(c6ccc7c(c6)C6(c8ccccc8-c8ccccc86)c6ccccc6-7)c6cccc7c8ccccc8c8ccccc8c67)cc5)cc4)ccc32)cc1. The third-order valence-corrected chi connectivity index (χ3v) is 16.6. The zero-order valence-corrected chi connectivity index (χ0v) is 41.0. The first kappa shape index (κ1) is 41.8. The van der Waals surface area contributed by atoms with E-state index in [9.17, 15) is 0 Å². The minimum absolute atomic E-state index is 0.467. The fourth-order valence-electron chi connectivity index (χ4n) is 13.4. The Labute approximate surface area is 435 Å². The molecule has 16 rings (SSSR count). The van der Waals surface area contributed by atoms with Crippen LogP contribution in [0.5, 0.6) is 0 Å². The highest BCUT2D eigenvalue weighted by Crippen LogP contribution is 2.63. The van der Waals surface area contributed by atoms with Crippen LogP contribution in [0, 0.1) is 0 Å². The van der Waals surface area contributed by atoms with Gasteiger partial charge in [0.25, 0.3) is 0 Å². The van der Waals surface area contributed by atoms with E-state index in [1.165, 1.54) is 127 Å². The van der Waals surface area contributed by atoms with E-state index in [1.807, 2.05) is 0 Å². The number of aromatic nitrogens is 1. The summed E-state index contributed by atoms with van der Waals surface area (Å²) in [6.07, 6.45) is 0. The summed E-state index contributed by atoms with van der Waals surface area (Å²) in [7, 11) is 0. The summed E-state index contributed by atoms with van der Waals surface area (Å²) >= 11 is 0. The van der Waals surface area contributed by atoms with Gasteiger partial charge in [-0.3, -0.25) is 0 Å². The molecule has 13 aromatic carbocycles. The maximum absolute atomic E-state index is 2.52. The zero-order valence-electron chi connectivity index (χ0n) is 41.0. The van der Waals surface area contributed by atoms with Crippen molar-refractivity contribution in [2.45, 2.75) is 5.41 Å². The van der Waals surface area contributed by atoms with Crippen molar-refractivity contribution in [3.63, 3.8) is 0 Å². The number of para-hydroxylation sites is 2. The van der Waals surface area contributed by atoms with Crippen LogP contribution in [0.3, 0.4) is 0 Å². The second-order valence-corrected chi connectivity index (χ2v) is 20.3. The molecule has 14 aromatic rings. The number of hydrogen-bond donors (Lipinski definition) is 0. The van der Waals surface area contributed by atoms with Gasteiger partial charge in [0.15, 0.2) is 0 Å². The first-order valence-electron chi connectivity index (χ1n) is 26.1. The Morgan fingerprint density at radius 1 is 0.267 bits per heavy atom. The molecule has 0 saturated heterocycles. The van der Waals surface area contributed by atoms with E-state index in [-0.39, 0.29) is 0 Å². The van der Waals surface area contributed by atoms with Gasteiger partial charge in [-0.1, -0.05) is 218 Å². The van der Waals surface area contributed by atoms with Crippen molar-refractivity contribution in [3.05, 3.63) is 301 Å². The summed E-state index contributed by atoms with van der Waals surface area (Å²) in [5.74, 6) is 0. The van der Waals surface area contributed by atoms with E-state index >= 15 is 0 Å². The second kappa shape index (κ2) is 16.1. The first-order valence-corrected chi connectivity index (χ1v) is 26.1. The lowest BCUT2D eigenvalue weighted by Gasteiger charge is -2.32. The van der Waals surface area contributed by atoms with Crippen LogP contribution >= 0.6 is 0 Å². The average molecular weight is 951 g/mol. The lowest BCUT2D eigenvalue weighted by atomic mass is 9.70. The minimum atomic E-state index is -0.467. The number of hydrogen-bond acceptors (Lipinski definition) is 1. The fourth-order valence-corrected chi connectivity index (χ4v) is 13.4. The molecule has 2 aliphatic carbocycles. The molecule has 1 spiro atoms. The molecule has 0 saturated carbocycles. The molecule has 2 nitrogen and oxygen atoms in total. The van der Waals surface area contributed by atoms with Gasteiger partial charge in [-0.2, -0.15) is 0 Å². The minimum Gasteiger partial charge on any atom is -0.310 e. The van der Waals surface area contributed by atoms with Crippen LogP contribution in [0.2, 0.25) is 0 Å². The molecular weight excluding hydrogens is 905 g/mol. The lowest BCUT2D eigenvalue weighted by Crippen LogP contribution is -2.26. The zero-order chi connectivity index (χ0) is 49.2. The van der Waals surface area contributed by atoms with E-state index in [1.54, 1.807) is 0 Å². The number of fused-ring (bicyclic) bond motifs is 19. The maximum Gasteiger partial charge on any atom is 0.0726 e. The summed E-state index contributed by atoms with van der Waals surface area (Å²) in [5, 5.41) is 10.0. The molecule has 348 valence electrons. The van der Waals surface area contributed by atoms with Crippen molar-refractivity contribution in [2.24, 2.45) is 0 Å². The molecule has 0 aliphatic heterocycles. The topological polar surface area (TPSA) is 8.17 Å². The number of nitrogens with zero attached hydrogens (tertiary/aromatic N) is 2. The number of anilines is 3. The number of rotatable bonds is 6. The Kier molecular flexibility index (Phi) is 8.99. The Bertz CT molecular complexity index is 4530. The predicted octanol–water partition coefficient (Wildman–Crippen LogP) is 19.4. The Morgan fingerprint density at radius 3 is 1.33 bits per heavy atom. The summed E-state index contributed by atoms with van der Waals surface area (Å²) in [5.41, 5.74) is 21.8. The summed E-state index contributed by atoms with van der Waals surface area (Å²) in [4.78, 5) is 2.52. The highest BCUT2D eigenvalue weighted by atomic mass is 15.1. The molecule has 0 atom stereocenters. The standard InChI is InChI=1S/C73H46N2/c1-2-17-51(18-3-1)75-69-31-15-11-25-61(69)64-45-50(39-44-70(64)75)49-35-33-47(34-36-49)48-37-40-52(41-38-48)74(71-32-16-27-63-56-20-5-4-19-54(56)55-21-6-7-26-62(55)72(63)71)53-42-43-60-59-24-10-14-30-67(59)73(68(60)46-53)65-28-12-8-22-57(65)58-23-9-13-29-66(58)73/h1-46H. The maximum atomic E-state index is 2.52. The van der Waals surface area contributed by atoms with Crippen LogP contribution in [0.1, 0.15) is 22.3 Å². The van der Waals surface area contributed by atoms with Crippen molar-refractivity contribution in [1.29, 1.82) is 0 Å². The lowest BCUT2D eigenvalue weighted by molar-refractivity contribution is 0.793. The molecule has 0 radical (unpaired) electrons. The molecule has 75 heavy (non-hydrogen) atoms. The molecule has 0 unspecified atom stereocenters. The van der Waals surface area contributed by atoms with Crippen molar-refractivity contribution in [2.75, 3.05) is 4.90 Å². The van der Waals surface area contributed by atoms with E-state index < -0.39 is 5.41 Å². The van der Waals surface area contributed by atoms with E-state index in [0.29, 0.717) is 0 Å². The molecule has 0 fully saturated rings. The largest absolute Gasteiger partial charge is 0.310 e. The van der Waals surface area contributed by atoms with Crippen LogP contribution in [-0.4, -0.2) is 4.57 Å². The Hall–Kier alpha value is -9.76. The molecule has 0 N–H and O–H groups in total. The molecule has 2 heteroatoms. The highest BCUT2D eigenvalue weighted by molar-refractivity contribution is 6.29. The van der Waals surface area contributed by atoms with Gasteiger partial charge in [0.05, 0.1) is 22.1 Å². The number of benzene rings is 13. The van der Waals surface area contributed by atoms with Crippen LogP contribution in [-0.2, 0) is 5.41 Å². The first-order chi connectivity index (χ1) is 37.2. The van der Waals surface area contributed by atoms with Crippen LogP contribution in [0.15, 0.2) is 279 Å². The molecular formula is C73H46N2. The summed E-state index contributed by atoms with van der Waals surface area (Å²) < 4.78 is 2.38. The smallest absolute Gasteiger partial charge is 0.0726 e. The van der Waals surface area contributed by atoms with E-state index in [2.05, 4.69) is 289 Å². The van der Waals surface area contributed by atoms with Gasteiger partial charge in [-0.25, -0.2) is 0 Å². The second-order valence-electron chi connectivity index (χ2n) is 20.3. The van der Waals surface area contributed by atoms with Crippen LogP contribution in [0.25, 0.3) is 104 Å². The van der Waals surface area contributed by atoms with Gasteiger partial charge < -0.3 is 9.47 Å². The van der Waals surface area contributed by atoms with Crippen LogP contribution in [0.4, 0.5) is 17.1 Å². The van der Waals surface area contributed by atoms with Crippen LogP contribution < -0.4 is 4.90 Å². The normalized spacial score (nSPS) is 12.9. The Balaban J connectivity index is 0.853. The molecule has 0 bridgehead atoms. The van der Waals surface area contributed by atoms with Gasteiger partial charge in [0.1, 0.15) is 0 Å². The third-order valence-electron chi connectivity index (χ3n) is 16.6. The molecule has 2 aliphatic rings.